The second-order valence-electron chi connectivity index (χ2n) is 4.66. The predicted octanol–water partition coefficient (Wildman–Crippen LogP) is 3.11. The van der Waals surface area contributed by atoms with Crippen molar-refractivity contribution in [1.82, 2.24) is 0 Å². The molecular formula is C17H17NO4. The molecule has 0 aliphatic carbocycles. The van der Waals surface area contributed by atoms with E-state index in [1.54, 1.807) is 25.3 Å². The number of nitrogens with one attached hydrogen (secondary N) is 1. The third-order valence-corrected chi connectivity index (χ3v) is 3.15. The average Bonchev–Trinajstić information content (AvgIpc) is 2.54. The van der Waals surface area contributed by atoms with Gasteiger partial charge in [0.1, 0.15) is 5.75 Å². The summed E-state index contributed by atoms with van der Waals surface area (Å²) in [5, 5.41) is 2.76. The summed E-state index contributed by atoms with van der Waals surface area (Å²) in [7, 11) is 2.92. The second kappa shape index (κ2) is 6.76. The summed E-state index contributed by atoms with van der Waals surface area (Å²) in [6, 6.07) is 12.4. The van der Waals surface area contributed by atoms with Crippen LogP contribution >= 0.6 is 0 Å². The van der Waals surface area contributed by atoms with Crippen molar-refractivity contribution in [2.24, 2.45) is 0 Å². The largest absolute Gasteiger partial charge is 0.497 e. The molecule has 0 saturated heterocycles. The molecule has 0 atom stereocenters. The molecule has 0 radical (unpaired) electrons. The second-order valence-corrected chi connectivity index (χ2v) is 4.66. The van der Waals surface area contributed by atoms with Crippen LogP contribution in [-0.4, -0.2) is 26.1 Å². The van der Waals surface area contributed by atoms with Crippen LogP contribution in [0.1, 0.15) is 17.3 Å². The fourth-order valence-electron chi connectivity index (χ4n) is 2.10. The Kier molecular flexibility index (Phi) is 4.78. The van der Waals surface area contributed by atoms with Gasteiger partial charge in [0.2, 0.25) is 5.91 Å². The van der Waals surface area contributed by atoms with Gasteiger partial charge < -0.3 is 14.8 Å². The summed E-state index contributed by atoms with van der Waals surface area (Å²) < 4.78 is 9.87. The SMILES string of the molecule is COC(=O)c1ccc(NC(C)=O)c(-c2ccc(OC)cc2)c1. The van der Waals surface area contributed by atoms with Crippen molar-refractivity contribution in [1.29, 1.82) is 0 Å². The van der Waals surface area contributed by atoms with Gasteiger partial charge in [-0.3, -0.25) is 4.79 Å². The number of amides is 1. The molecule has 0 saturated carbocycles. The van der Waals surface area contributed by atoms with Crippen LogP contribution in [0.3, 0.4) is 0 Å². The Morgan fingerprint density at radius 3 is 2.23 bits per heavy atom. The fraction of sp³-hybridized carbons (Fsp3) is 0.176. The molecule has 22 heavy (non-hydrogen) atoms. The minimum Gasteiger partial charge on any atom is -0.497 e. The first-order chi connectivity index (χ1) is 10.5. The van der Waals surface area contributed by atoms with Crippen molar-refractivity contribution < 1.29 is 19.1 Å². The molecule has 0 fully saturated rings. The molecule has 1 N–H and O–H groups in total. The molecule has 1 amide bonds. The molecule has 0 bridgehead atoms. The normalized spacial score (nSPS) is 9.95. The third-order valence-electron chi connectivity index (χ3n) is 3.15. The highest BCUT2D eigenvalue weighted by atomic mass is 16.5. The molecule has 5 heteroatoms. The van der Waals surface area contributed by atoms with Crippen molar-refractivity contribution in [2.45, 2.75) is 6.92 Å². The number of rotatable bonds is 4. The molecular weight excluding hydrogens is 282 g/mol. The first-order valence-electron chi connectivity index (χ1n) is 6.69. The first kappa shape index (κ1) is 15.6. The third kappa shape index (κ3) is 3.44. The van der Waals surface area contributed by atoms with Crippen molar-refractivity contribution >= 4 is 17.6 Å². The van der Waals surface area contributed by atoms with Crippen molar-refractivity contribution in [3.05, 3.63) is 48.0 Å². The van der Waals surface area contributed by atoms with Crippen LogP contribution in [-0.2, 0) is 9.53 Å². The highest BCUT2D eigenvalue weighted by Crippen LogP contribution is 2.30. The number of carbonyl (C=O) groups is 2. The van der Waals surface area contributed by atoms with E-state index in [1.807, 2.05) is 24.3 Å². The van der Waals surface area contributed by atoms with Crippen molar-refractivity contribution in [3.63, 3.8) is 0 Å². The number of esters is 1. The lowest BCUT2D eigenvalue weighted by Gasteiger charge is -2.12. The Hall–Kier alpha value is -2.82. The van der Waals surface area contributed by atoms with E-state index in [0.717, 1.165) is 16.9 Å². The van der Waals surface area contributed by atoms with Gasteiger partial charge in [0.05, 0.1) is 19.8 Å². The number of hydrogen-bond donors (Lipinski definition) is 1. The lowest BCUT2D eigenvalue weighted by Crippen LogP contribution is -2.08. The lowest BCUT2D eigenvalue weighted by molar-refractivity contribution is -0.114. The quantitative estimate of drug-likeness (QED) is 0.881. The summed E-state index contributed by atoms with van der Waals surface area (Å²) in [6.07, 6.45) is 0. The van der Waals surface area contributed by atoms with Crippen molar-refractivity contribution in [2.75, 3.05) is 19.5 Å². The summed E-state index contributed by atoms with van der Waals surface area (Å²) in [6.45, 7) is 1.44. The van der Waals surface area contributed by atoms with E-state index in [2.05, 4.69) is 5.32 Å². The van der Waals surface area contributed by atoms with Crippen LogP contribution in [0.25, 0.3) is 11.1 Å². The molecule has 5 nitrogen and oxygen atoms in total. The molecule has 0 unspecified atom stereocenters. The van der Waals surface area contributed by atoms with Gasteiger partial charge in [-0.25, -0.2) is 4.79 Å². The molecule has 0 spiro atoms. The average molecular weight is 299 g/mol. The highest BCUT2D eigenvalue weighted by Gasteiger charge is 2.12. The standard InChI is InChI=1S/C17H17NO4/c1-11(19)18-16-9-6-13(17(20)22-3)10-15(16)12-4-7-14(21-2)8-5-12/h4-10H,1-3H3,(H,18,19). The van der Waals surface area contributed by atoms with E-state index in [0.29, 0.717) is 11.3 Å². The van der Waals surface area contributed by atoms with Gasteiger partial charge in [-0.05, 0) is 35.9 Å². The number of hydrogen-bond acceptors (Lipinski definition) is 4. The van der Waals surface area contributed by atoms with E-state index in [-0.39, 0.29) is 5.91 Å². The number of anilines is 1. The first-order valence-corrected chi connectivity index (χ1v) is 6.69. The van der Waals surface area contributed by atoms with Gasteiger partial charge in [0.15, 0.2) is 0 Å². The molecule has 0 aliphatic rings. The molecule has 0 aliphatic heterocycles. The van der Waals surface area contributed by atoms with Gasteiger partial charge in [-0.15, -0.1) is 0 Å². The lowest BCUT2D eigenvalue weighted by atomic mass is 10.0. The van der Waals surface area contributed by atoms with Crippen LogP contribution in [0.15, 0.2) is 42.5 Å². The maximum absolute atomic E-state index is 11.7. The Bertz CT molecular complexity index is 692. The molecule has 2 aromatic rings. The van der Waals surface area contributed by atoms with E-state index >= 15 is 0 Å². The van der Waals surface area contributed by atoms with E-state index < -0.39 is 5.97 Å². The smallest absolute Gasteiger partial charge is 0.337 e. The molecule has 0 aromatic heterocycles. The number of ether oxygens (including phenoxy) is 2. The zero-order valence-electron chi connectivity index (χ0n) is 12.7. The van der Waals surface area contributed by atoms with Crippen LogP contribution in [0, 0.1) is 0 Å². The topological polar surface area (TPSA) is 64.6 Å². The molecule has 114 valence electrons. The Balaban J connectivity index is 2.51. The van der Waals surface area contributed by atoms with Gasteiger partial charge in [0, 0.05) is 18.2 Å². The van der Waals surface area contributed by atoms with Gasteiger partial charge in [0.25, 0.3) is 0 Å². The Labute approximate surface area is 128 Å². The van der Waals surface area contributed by atoms with Crippen LogP contribution in [0.5, 0.6) is 5.75 Å². The van der Waals surface area contributed by atoms with Gasteiger partial charge in [-0.2, -0.15) is 0 Å². The summed E-state index contributed by atoms with van der Waals surface area (Å²) in [5.41, 5.74) is 2.64. The predicted molar refractivity (Wildman–Crippen MR) is 84.1 cm³/mol. The summed E-state index contributed by atoms with van der Waals surface area (Å²) in [5.74, 6) is 0.124. The number of benzene rings is 2. The fourth-order valence-corrected chi connectivity index (χ4v) is 2.10. The monoisotopic (exact) mass is 299 g/mol. The zero-order valence-corrected chi connectivity index (χ0v) is 12.7. The van der Waals surface area contributed by atoms with Gasteiger partial charge >= 0.3 is 5.97 Å². The molecule has 0 heterocycles. The van der Waals surface area contributed by atoms with Crippen LogP contribution in [0.2, 0.25) is 0 Å². The Morgan fingerprint density at radius 1 is 1.00 bits per heavy atom. The number of carbonyl (C=O) groups excluding carboxylic acids is 2. The minimum atomic E-state index is -0.427. The summed E-state index contributed by atoms with van der Waals surface area (Å²) >= 11 is 0. The minimum absolute atomic E-state index is 0.180. The molecule has 2 aromatic carbocycles. The van der Waals surface area contributed by atoms with Gasteiger partial charge in [-0.1, -0.05) is 12.1 Å². The molecule has 2 rings (SSSR count). The van der Waals surface area contributed by atoms with Crippen molar-refractivity contribution in [3.8, 4) is 16.9 Å². The summed E-state index contributed by atoms with van der Waals surface area (Å²) in [4.78, 5) is 23.1. The van der Waals surface area contributed by atoms with E-state index in [9.17, 15) is 9.59 Å². The number of methoxy groups -OCH3 is 2. The Morgan fingerprint density at radius 2 is 1.68 bits per heavy atom. The van der Waals surface area contributed by atoms with Crippen LogP contribution in [0.4, 0.5) is 5.69 Å². The maximum atomic E-state index is 11.7. The van der Waals surface area contributed by atoms with E-state index in [1.165, 1.54) is 14.0 Å². The van der Waals surface area contributed by atoms with Crippen LogP contribution < -0.4 is 10.1 Å². The highest BCUT2D eigenvalue weighted by molar-refractivity contribution is 5.97. The van der Waals surface area contributed by atoms with E-state index in [4.69, 9.17) is 9.47 Å². The zero-order chi connectivity index (χ0) is 16.1. The maximum Gasteiger partial charge on any atom is 0.337 e.